The molecule has 0 aliphatic carbocycles. The summed E-state index contributed by atoms with van der Waals surface area (Å²) in [6.07, 6.45) is 1.55. The Kier molecular flexibility index (Phi) is 5.53. The van der Waals surface area contributed by atoms with Gasteiger partial charge in [0.2, 0.25) is 5.95 Å². The Morgan fingerprint density at radius 3 is 2.50 bits per heavy atom. The van der Waals surface area contributed by atoms with E-state index in [1.807, 2.05) is 30.3 Å². The number of rotatable bonds is 6. The maximum absolute atomic E-state index is 12.9. The molecule has 0 bridgehead atoms. The third-order valence-electron chi connectivity index (χ3n) is 3.85. The van der Waals surface area contributed by atoms with Gasteiger partial charge in [-0.15, -0.1) is 0 Å². The molecule has 0 aliphatic heterocycles. The van der Waals surface area contributed by atoms with Crippen LogP contribution in [0.1, 0.15) is 21.6 Å². The Hall–Kier alpha value is -3.28. The third-order valence-corrected chi connectivity index (χ3v) is 3.85. The van der Waals surface area contributed by atoms with Gasteiger partial charge in [-0.2, -0.15) is 0 Å². The number of nitrogens with one attached hydrogen (secondary N) is 1. The van der Waals surface area contributed by atoms with Gasteiger partial charge in [-0.25, -0.2) is 14.4 Å². The average Bonchev–Trinajstić information content (AvgIpc) is 2.68. The van der Waals surface area contributed by atoms with E-state index in [4.69, 9.17) is 0 Å². The van der Waals surface area contributed by atoms with Crippen molar-refractivity contribution in [3.8, 4) is 0 Å². The van der Waals surface area contributed by atoms with Crippen molar-refractivity contribution < 1.29 is 9.18 Å². The van der Waals surface area contributed by atoms with Gasteiger partial charge >= 0.3 is 0 Å². The second kappa shape index (κ2) is 8.20. The van der Waals surface area contributed by atoms with Crippen LogP contribution in [-0.4, -0.2) is 27.8 Å². The average molecular weight is 350 g/mol. The van der Waals surface area contributed by atoms with E-state index in [1.165, 1.54) is 12.1 Å². The first-order valence-electron chi connectivity index (χ1n) is 8.22. The van der Waals surface area contributed by atoms with Crippen LogP contribution in [0.15, 0.2) is 66.9 Å². The van der Waals surface area contributed by atoms with Gasteiger partial charge in [0.25, 0.3) is 5.91 Å². The number of carbonyl (C=O) groups is 1. The Bertz CT molecular complexity index is 868. The molecule has 1 heterocycles. The fraction of sp³-hybridized carbons (Fsp3) is 0.150. The highest BCUT2D eigenvalue weighted by atomic mass is 19.1. The highest BCUT2D eigenvalue weighted by Crippen LogP contribution is 2.09. The Morgan fingerprint density at radius 1 is 1.04 bits per heavy atom. The molecule has 1 N–H and O–H groups in total. The zero-order valence-electron chi connectivity index (χ0n) is 14.4. The van der Waals surface area contributed by atoms with Crippen molar-refractivity contribution in [1.82, 2.24) is 14.9 Å². The molecular formula is C20H19FN4O. The minimum absolute atomic E-state index is 0.180. The van der Waals surface area contributed by atoms with Gasteiger partial charge in [0, 0.05) is 26.3 Å². The van der Waals surface area contributed by atoms with Crippen LogP contribution in [-0.2, 0) is 13.1 Å². The summed E-state index contributed by atoms with van der Waals surface area (Å²) in [5, 5.41) is 3.05. The maximum atomic E-state index is 12.9. The van der Waals surface area contributed by atoms with Gasteiger partial charge in [-0.05, 0) is 29.3 Å². The number of hydrogen-bond acceptors (Lipinski definition) is 4. The van der Waals surface area contributed by atoms with Gasteiger partial charge in [-0.1, -0.05) is 42.5 Å². The zero-order chi connectivity index (χ0) is 18.4. The van der Waals surface area contributed by atoms with Crippen molar-refractivity contribution in [2.45, 2.75) is 13.1 Å². The van der Waals surface area contributed by atoms with Gasteiger partial charge < -0.3 is 10.2 Å². The summed E-state index contributed by atoms with van der Waals surface area (Å²) in [5.41, 5.74) is 2.26. The number of hydrogen-bond donors (Lipinski definition) is 1. The molecule has 0 aliphatic rings. The Labute approximate surface area is 151 Å². The third kappa shape index (κ3) is 4.63. The van der Waals surface area contributed by atoms with E-state index in [1.54, 1.807) is 36.3 Å². The van der Waals surface area contributed by atoms with Crippen LogP contribution in [0.4, 0.5) is 10.3 Å². The van der Waals surface area contributed by atoms with E-state index in [9.17, 15) is 9.18 Å². The van der Waals surface area contributed by atoms with Crippen LogP contribution in [0.2, 0.25) is 0 Å². The molecule has 26 heavy (non-hydrogen) atoms. The highest BCUT2D eigenvalue weighted by molar-refractivity contribution is 5.92. The molecule has 0 spiro atoms. The van der Waals surface area contributed by atoms with E-state index in [0.717, 1.165) is 11.1 Å². The minimum atomic E-state index is -0.279. The van der Waals surface area contributed by atoms with Crippen molar-refractivity contribution in [2.24, 2.45) is 0 Å². The first kappa shape index (κ1) is 17.5. The lowest BCUT2D eigenvalue weighted by Crippen LogP contribution is -2.27. The molecule has 0 unspecified atom stereocenters. The lowest BCUT2D eigenvalue weighted by molar-refractivity contribution is 0.0779. The Balaban J connectivity index is 1.64. The molecule has 0 saturated carbocycles. The lowest BCUT2D eigenvalue weighted by atomic mass is 10.2. The van der Waals surface area contributed by atoms with Crippen LogP contribution in [0.25, 0.3) is 0 Å². The predicted octanol–water partition coefficient (Wildman–Crippen LogP) is 3.50. The fourth-order valence-corrected chi connectivity index (χ4v) is 2.47. The number of amides is 1. The molecule has 0 radical (unpaired) electrons. The fourth-order valence-electron chi connectivity index (χ4n) is 2.47. The van der Waals surface area contributed by atoms with Gasteiger partial charge in [-0.3, -0.25) is 4.79 Å². The number of benzene rings is 2. The summed E-state index contributed by atoms with van der Waals surface area (Å²) in [6, 6.07) is 17.5. The van der Waals surface area contributed by atoms with Gasteiger partial charge in [0.1, 0.15) is 11.5 Å². The largest absolute Gasteiger partial charge is 0.350 e. The minimum Gasteiger partial charge on any atom is -0.350 e. The second-order valence-electron chi connectivity index (χ2n) is 5.89. The summed E-state index contributed by atoms with van der Waals surface area (Å²) in [5.74, 6) is -0.103. The summed E-state index contributed by atoms with van der Waals surface area (Å²) in [4.78, 5) is 22.6. The molecule has 3 rings (SSSR count). The molecular weight excluding hydrogens is 331 g/mol. The van der Waals surface area contributed by atoms with Crippen LogP contribution in [0, 0.1) is 5.82 Å². The molecule has 5 nitrogen and oxygen atoms in total. The lowest BCUT2D eigenvalue weighted by Gasteiger charge is -2.17. The van der Waals surface area contributed by atoms with Crippen LogP contribution < -0.4 is 5.32 Å². The smallest absolute Gasteiger partial charge is 0.272 e. The van der Waals surface area contributed by atoms with Gasteiger partial charge in [0.15, 0.2) is 0 Å². The first-order valence-corrected chi connectivity index (χ1v) is 8.22. The van der Waals surface area contributed by atoms with Crippen molar-refractivity contribution in [1.29, 1.82) is 0 Å². The van der Waals surface area contributed by atoms with E-state index in [-0.39, 0.29) is 11.7 Å². The van der Waals surface area contributed by atoms with Crippen LogP contribution in [0.5, 0.6) is 0 Å². The normalized spacial score (nSPS) is 10.4. The number of carbonyl (C=O) groups excluding carboxylic acids is 1. The molecule has 2 aromatic carbocycles. The molecule has 0 saturated heterocycles. The van der Waals surface area contributed by atoms with Crippen LogP contribution >= 0.6 is 0 Å². The molecule has 1 amide bonds. The van der Waals surface area contributed by atoms with Crippen molar-refractivity contribution in [3.05, 3.63) is 89.5 Å². The van der Waals surface area contributed by atoms with E-state index in [2.05, 4.69) is 15.3 Å². The molecule has 6 heteroatoms. The molecule has 132 valence electrons. The standard InChI is InChI=1S/C20H19FN4O/c1-25(14-16-5-3-2-4-6-16)19(26)18-11-12-22-20(24-18)23-13-15-7-9-17(21)10-8-15/h2-12H,13-14H2,1H3,(H,22,23,24). The Morgan fingerprint density at radius 2 is 1.77 bits per heavy atom. The van der Waals surface area contributed by atoms with Crippen LogP contribution in [0.3, 0.4) is 0 Å². The monoisotopic (exact) mass is 350 g/mol. The summed E-state index contributed by atoms with van der Waals surface area (Å²) < 4.78 is 12.9. The van der Waals surface area contributed by atoms with Crippen molar-refractivity contribution >= 4 is 11.9 Å². The van der Waals surface area contributed by atoms with Crippen molar-refractivity contribution in [3.63, 3.8) is 0 Å². The zero-order valence-corrected chi connectivity index (χ0v) is 14.4. The maximum Gasteiger partial charge on any atom is 0.272 e. The molecule has 0 atom stereocenters. The van der Waals surface area contributed by atoms with E-state index >= 15 is 0 Å². The number of nitrogens with zero attached hydrogens (tertiary/aromatic N) is 3. The van der Waals surface area contributed by atoms with E-state index < -0.39 is 0 Å². The summed E-state index contributed by atoms with van der Waals surface area (Å²) in [6.45, 7) is 0.944. The number of halogens is 1. The molecule has 1 aromatic heterocycles. The number of aromatic nitrogens is 2. The van der Waals surface area contributed by atoms with Gasteiger partial charge in [0.05, 0.1) is 0 Å². The summed E-state index contributed by atoms with van der Waals surface area (Å²) in [7, 11) is 1.74. The molecule has 0 fully saturated rings. The highest BCUT2D eigenvalue weighted by Gasteiger charge is 2.14. The quantitative estimate of drug-likeness (QED) is 0.739. The second-order valence-corrected chi connectivity index (χ2v) is 5.89. The topological polar surface area (TPSA) is 58.1 Å². The summed E-state index contributed by atoms with van der Waals surface area (Å²) >= 11 is 0. The first-order chi connectivity index (χ1) is 12.6. The SMILES string of the molecule is CN(Cc1ccccc1)C(=O)c1ccnc(NCc2ccc(F)cc2)n1. The van der Waals surface area contributed by atoms with E-state index in [0.29, 0.717) is 24.7 Å². The van der Waals surface area contributed by atoms with Crippen molar-refractivity contribution in [2.75, 3.05) is 12.4 Å². The number of anilines is 1. The predicted molar refractivity (Wildman–Crippen MR) is 98.0 cm³/mol. The molecule has 3 aromatic rings.